The molecule has 15 heavy (non-hydrogen) atoms. The van der Waals surface area contributed by atoms with Crippen LogP contribution in [0.3, 0.4) is 0 Å². The molecular formula is C11H25ClN2S. The van der Waals surface area contributed by atoms with Crippen LogP contribution in [0.4, 0.5) is 0 Å². The maximum Gasteiger partial charge on any atom is 0.265 e. The minimum Gasteiger partial charge on any atom is -1.00 e. The highest BCUT2D eigenvalue weighted by Crippen LogP contribution is 2.08. The molecule has 0 amide bonds. The van der Waals surface area contributed by atoms with Gasteiger partial charge in [0.15, 0.2) is 0 Å². The van der Waals surface area contributed by atoms with Crippen molar-refractivity contribution in [1.82, 2.24) is 5.32 Å². The topological polar surface area (TPSA) is 39.7 Å². The summed E-state index contributed by atoms with van der Waals surface area (Å²) in [6, 6.07) is 0.492. The van der Waals surface area contributed by atoms with E-state index in [1.54, 1.807) is 0 Å². The van der Waals surface area contributed by atoms with E-state index in [0.29, 0.717) is 11.2 Å². The van der Waals surface area contributed by atoms with Crippen LogP contribution in [0, 0.1) is 0 Å². The third kappa shape index (κ3) is 14.1. The Morgan fingerprint density at radius 1 is 1.20 bits per heavy atom. The van der Waals surface area contributed by atoms with Gasteiger partial charge in [-0.2, -0.15) is 0 Å². The summed E-state index contributed by atoms with van der Waals surface area (Å²) in [5.41, 5.74) is 3.67. The summed E-state index contributed by atoms with van der Waals surface area (Å²) in [6.45, 7) is 4.42. The Labute approximate surface area is 106 Å². The van der Waals surface area contributed by atoms with Crippen LogP contribution in [0.15, 0.2) is 0 Å². The van der Waals surface area contributed by atoms with Crippen molar-refractivity contribution in [2.75, 3.05) is 0 Å². The van der Waals surface area contributed by atoms with E-state index >= 15 is 0 Å². The summed E-state index contributed by atoms with van der Waals surface area (Å²) in [4.78, 5) is 0. The second-order valence-corrected chi connectivity index (χ2v) is 4.52. The van der Waals surface area contributed by atoms with Crippen molar-refractivity contribution in [3.63, 3.8) is 0 Å². The molecule has 0 aliphatic heterocycles. The predicted octanol–water partition coefficient (Wildman–Crippen LogP) is -0.754. The highest BCUT2D eigenvalue weighted by molar-refractivity contribution is 7.79. The van der Waals surface area contributed by atoms with Gasteiger partial charge >= 0.3 is 0 Å². The van der Waals surface area contributed by atoms with Crippen LogP contribution < -0.4 is 23.5 Å². The van der Waals surface area contributed by atoms with Crippen LogP contribution in [-0.4, -0.2) is 11.2 Å². The van der Waals surface area contributed by atoms with Gasteiger partial charge in [-0.25, -0.2) is 0 Å². The van der Waals surface area contributed by atoms with E-state index in [9.17, 15) is 0 Å². The maximum atomic E-state index is 4.89. The summed E-state index contributed by atoms with van der Waals surface area (Å²) < 4.78 is 0. The van der Waals surface area contributed by atoms with Gasteiger partial charge in [0.05, 0.1) is 0 Å². The Kier molecular flexibility index (Phi) is 14.3. The molecule has 0 rings (SSSR count). The molecule has 92 valence electrons. The first-order chi connectivity index (χ1) is 6.66. The standard InChI is InChI=1S/C11H24N2S.ClH/c1-3-4-5-6-7-8-9-10(2)13-11(12)14;/h10H,3-9H2,1-2H3,(H3,12,13,14);1H. The quantitative estimate of drug-likeness (QED) is 0.441. The van der Waals surface area contributed by atoms with Gasteiger partial charge in [-0.1, -0.05) is 45.4 Å². The number of halogens is 1. The minimum atomic E-state index is 0. The zero-order valence-corrected chi connectivity index (χ0v) is 11.6. The lowest BCUT2D eigenvalue weighted by Crippen LogP contribution is -3.00. The molecule has 0 radical (unpaired) electrons. The second kappa shape index (κ2) is 12.2. The summed E-state index contributed by atoms with van der Waals surface area (Å²) in [7, 11) is 0. The van der Waals surface area contributed by atoms with Crippen molar-refractivity contribution in [3.8, 4) is 0 Å². The minimum absolute atomic E-state index is 0. The number of quaternary nitrogens is 1. The summed E-state index contributed by atoms with van der Waals surface area (Å²) in [5.74, 6) is 0. The van der Waals surface area contributed by atoms with Crippen LogP contribution in [0.1, 0.15) is 58.8 Å². The summed E-state index contributed by atoms with van der Waals surface area (Å²) >= 11 is 4.89. The van der Waals surface area contributed by atoms with E-state index in [1.807, 2.05) is 0 Å². The zero-order chi connectivity index (χ0) is 10.8. The van der Waals surface area contributed by atoms with E-state index in [0.717, 1.165) is 0 Å². The van der Waals surface area contributed by atoms with Crippen molar-refractivity contribution in [1.29, 1.82) is 0 Å². The van der Waals surface area contributed by atoms with Crippen LogP contribution in [0.25, 0.3) is 0 Å². The van der Waals surface area contributed by atoms with Crippen molar-refractivity contribution in [2.24, 2.45) is 0 Å². The molecule has 0 heterocycles. The average Bonchev–Trinajstić information content (AvgIpc) is 2.10. The molecule has 2 nitrogen and oxygen atoms in total. The lowest BCUT2D eigenvalue weighted by atomic mass is 10.1. The van der Waals surface area contributed by atoms with Crippen molar-refractivity contribution < 1.29 is 18.1 Å². The predicted molar refractivity (Wildman–Crippen MR) is 66.1 cm³/mol. The molecule has 0 saturated carbocycles. The number of rotatable bonds is 8. The van der Waals surface area contributed by atoms with E-state index < -0.39 is 0 Å². The number of hydrogen-bond acceptors (Lipinski definition) is 1. The lowest BCUT2D eigenvalue weighted by molar-refractivity contribution is -0.215. The fourth-order valence-corrected chi connectivity index (χ4v) is 1.78. The smallest absolute Gasteiger partial charge is 0.265 e. The summed E-state index contributed by atoms with van der Waals surface area (Å²) in [5, 5.41) is 3.84. The highest BCUT2D eigenvalue weighted by Gasteiger charge is 2.02. The Hall–Kier alpha value is 0.140. The monoisotopic (exact) mass is 252 g/mol. The maximum absolute atomic E-state index is 4.89. The van der Waals surface area contributed by atoms with Crippen LogP contribution >= 0.6 is 12.2 Å². The number of unbranched alkanes of at least 4 members (excludes halogenated alkanes) is 5. The molecule has 0 aromatic rings. The van der Waals surface area contributed by atoms with E-state index in [2.05, 4.69) is 24.9 Å². The lowest BCUT2D eigenvalue weighted by Gasteiger charge is -2.10. The Morgan fingerprint density at radius 2 is 1.73 bits per heavy atom. The normalized spacial score (nSPS) is 11.7. The molecule has 0 aliphatic rings. The van der Waals surface area contributed by atoms with Gasteiger partial charge in [-0.05, 0) is 13.3 Å². The van der Waals surface area contributed by atoms with Gasteiger partial charge < -0.3 is 23.5 Å². The third-order valence-corrected chi connectivity index (χ3v) is 2.52. The molecule has 4 heteroatoms. The Morgan fingerprint density at radius 3 is 2.27 bits per heavy atom. The van der Waals surface area contributed by atoms with Gasteiger partial charge in [0.2, 0.25) is 0 Å². The molecule has 0 fully saturated rings. The Balaban J connectivity index is 0. The molecule has 0 aliphatic carbocycles. The molecule has 1 unspecified atom stereocenters. The van der Waals surface area contributed by atoms with E-state index in [-0.39, 0.29) is 12.4 Å². The first-order valence-corrected chi connectivity index (χ1v) is 6.20. The van der Waals surface area contributed by atoms with Gasteiger partial charge in [0.25, 0.3) is 5.11 Å². The number of nitrogens with one attached hydrogen (secondary N) is 1. The largest absolute Gasteiger partial charge is 1.00 e. The van der Waals surface area contributed by atoms with Gasteiger partial charge in [-0.15, -0.1) is 0 Å². The first kappa shape index (κ1) is 17.5. The molecule has 0 aromatic heterocycles. The highest BCUT2D eigenvalue weighted by atomic mass is 35.5. The molecule has 0 aromatic carbocycles. The van der Waals surface area contributed by atoms with Crippen molar-refractivity contribution in [3.05, 3.63) is 0 Å². The second-order valence-electron chi connectivity index (χ2n) is 4.03. The molecule has 1 atom stereocenters. The van der Waals surface area contributed by atoms with E-state index in [4.69, 9.17) is 12.2 Å². The van der Waals surface area contributed by atoms with Crippen LogP contribution in [-0.2, 0) is 0 Å². The fraction of sp³-hybridized carbons (Fsp3) is 0.909. The Bertz CT molecular complexity index is 154. The zero-order valence-electron chi connectivity index (χ0n) is 10.0. The molecule has 0 bridgehead atoms. The van der Waals surface area contributed by atoms with Gasteiger partial charge in [0.1, 0.15) is 0 Å². The molecule has 0 saturated heterocycles. The van der Waals surface area contributed by atoms with E-state index in [1.165, 1.54) is 44.9 Å². The van der Waals surface area contributed by atoms with Gasteiger partial charge in [0, 0.05) is 18.3 Å². The number of thiocarbonyl (C=S) groups is 1. The SMILES string of the molecule is CCCCCCCCC(C)NC([NH3+])=S.[Cl-]. The van der Waals surface area contributed by atoms with Gasteiger partial charge in [-0.3, -0.25) is 0 Å². The summed E-state index contributed by atoms with van der Waals surface area (Å²) in [6.07, 6.45) is 9.37. The number of hydrogen-bond donors (Lipinski definition) is 2. The average molecular weight is 253 g/mol. The van der Waals surface area contributed by atoms with Crippen LogP contribution in [0.2, 0.25) is 0 Å². The first-order valence-electron chi connectivity index (χ1n) is 5.79. The molecule has 4 N–H and O–H groups in total. The van der Waals surface area contributed by atoms with Crippen molar-refractivity contribution in [2.45, 2.75) is 64.8 Å². The molecular weight excluding hydrogens is 228 g/mol. The van der Waals surface area contributed by atoms with Crippen LogP contribution in [0.5, 0.6) is 0 Å². The third-order valence-electron chi connectivity index (χ3n) is 2.40. The van der Waals surface area contributed by atoms with Crippen molar-refractivity contribution >= 4 is 17.3 Å². The molecule has 0 spiro atoms. The fourth-order valence-electron chi connectivity index (χ4n) is 1.58.